The largest absolute Gasteiger partial charge is 0.502 e. The molecule has 1 N–H and O–H groups in total. The summed E-state index contributed by atoms with van der Waals surface area (Å²) in [5.74, 6) is -0.506. The van der Waals surface area contributed by atoms with E-state index < -0.39 is 32.8 Å². The maximum Gasteiger partial charge on any atom is 0.502 e. The second kappa shape index (κ2) is 8.13. The molecule has 2 aromatic heterocycles. The average Bonchev–Trinajstić information content (AvgIpc) is 3.20. The number of hydrogen-bond acceptors (Lipinski definition) is 5. The Bertz CT molecular complexity index is 1440. The molecule has 0 bridgehead atoms. The topological polar surface area (TPSA) is 109 Å². The number of imide groups is 1. The minimum atomic E-state index is -3.74. The fourth-order valence-corrected chi connectivity index (χ4v) is 6.10. The maximum absolute atomic E-state index is 13.6. The number of nitrogens with zero attached hydrogens (tertiary/aromatic N) is 5. The Morgan fingerprint density at radius 1 is 1.26 bits per heavy atom. The van der Waals surface area contributed by atoms with Crippen molar-refractivity contribution in [2.24, 2.45) is 14.1 Å². The molecular weight excluding hydrogens is 468 g/mol. The Morgan fingerprint density at radius 2 is 2.00 bits per heavy atom. The molecule has 0 saturated heterocycles. The molecule has 0 radical (unpaired) electrons. The monoisotopic (exact) mass is 497 g/mol. The summed E-state index contributed by atoms with van der Waals surface area (Å²) >= 11 is 0. The molecule has 1 aliphatic heterocycles. The van der Waals surface area contributed by atoms with E-state index in [1.807, 2.05) is 50.0 Å². The second-order valence-corrected chi connectivity index (χ2v) is 11.7. The quantitative estimate of drug-likeness (QED) is 0.584. The molecule has 10 nitrogen and oxygen atoms in total. The van der Waals surface area contributed by atoms with Gasteiger partial charge in [-0.15, -0.1) is 0 Å². The van der Waals surface area contributed by atoms with Crippen LogP contribution in [0.25, 0.3) is 0 Å². The minimum absolute atomic E-state index is 0.0848. The summed E-state index contributed by atoms with van der Waals surface area (Å²) in [5.41, 5.74) is 2.59. The molecule has 5 rings (SSSR count). The van der Waals surface area contributed by atoms with Crippen molar-refractivity contribution in [3.8, 4) is 0 Å². The van der Waals surface area contributed by atoms with Gasteiger partial charge in [-0.2, -0.15) is 19.4 Å². The van der Waals surface area contributed by atoms with Crippen LogP contribution in [-0.4, -0.2) is 60.7 Å². The van der Waals surface area contributed by atoms with Gasteiger partial charge in [-0.25, -0.2) is 17.9 Å². The Hall–Kier alpha value is -3.31. The fourth-order valence-electron chi connectivity index (χ4n) is 4.48. The van der Waals surface area contributed by atoms with E-state index in [2.05, 4.69) is 9.82 Å². The molecule has 2 aliphatic carbocycles. The number of urea groups is 1. The van der Waals surface area contributed by atoms with Gasteiger partial charge in [-0.3, -0.25) is 4.68 Å². The lowest BCUT2D eigenvalue weighted by Gasteiger charge is -2.26. The molecule has 3 heterocycles. The highest BCUT2D eigenvalue weighted by molar-refractivity contribution is 7.90. The Morgan fingerprint density at radius 3 is 2.60 bits per heavy atom. The van der Waals surface area contributed by atoms with E-state index in [1.54, 1.807) is 17.8 Å². The Balaban J connectivity index is 1.56. The van der Waals surface area contributed by atoms with Crippen LogP contribution in [0.15, 0.2) is 48.3 Å². The third-order valence-corrected chi connectivity index (χ3v) is 8.47. The third kappa shape index (κ3) is 4.41. The van der Waals surface area contributed by atoms with E-state index in [4.69, 9.17) is 0 Å². The van der Waals surface area contributed by atoms with Crippen molar-refractivity contribution >= 4 is 27.7 Å². The van der Waals surface area contributed by atoms with Gasteiger partial charge in [0.1, 0.15) is 29.6 Å². The molecule has 1 fully saturated rings. The lowest BCUT2D eigenvalue weighted by molar-refractivity contribution is -0.454. The Labute approximate surface area is 204 Å². The number of amides is 3. The zero-order chi connectivity index (χ0) is 25.1. The first kappa shape index (κ1) is 23.4. The number of aromatic nitrogens is 3. The summed E-state index contributed by atoms with van der Waals surface area (Å²) in [4.78, 5) is 28.3. The van der Waals surface area contributed by atoms with Gasteiger partial charge < -0.3 is 4.57 Å². The number of fused-ring (bicyclic) bond motifs is 1. The van der Waals surface area contributed by atoms with Gasteiger partial charge in [0.15, 0.2) is 0 Å². The molecule has 35 heavy (non-hydrogen) atoms. The van der Waals surface area contributed by atoms with Gasteiger partial charge >= 0.3 is 11.9 Å². The van der Waals surface area contributed by atoms with Crippen molar-refractivity contribution in [3.05, 3.63) is 65.3 Å². The van der Waals surface area contributed by atoms with E-state index in [0.29, 0.717) is 5.71 Å². The number of carbonyl (C=O) groups excluding carboxylic acids is 2. The van der Waals surface area contributed by atoms with Crippen molar-refractivity contribution in [2.45, 2.75) is 50.6 Å². The molecule has 2 aromatic rings. The number of aryl methyl sites for hydroxylation is 3. The number of rotatable bonds is 7. The van der Waals surface area contributed by atoms with Gasteiger partial charge in [0.05, 0.1) is 11.4 Å². The molecule has 3 aliphatic rings. The predicted octanol–water partition coefficient (Wildman–Crippen LogP) is 1.52. The summed E-state index contributed by atoms with van der Waals surface area (Å²) in [6, 6.07) is 3.27. The van der Waals surface area contributed by atoms with Crippen LogP contribution in [0.4, 0.5) is 4.79 Å². The summed E-state index contributed by atoms with van der Waals surface area (Å²) in [6.07, 6.45) is 9.82. The highest BCUT2D eigenvalue weighted by Gasteiger charge is 2.47. The molecule has 1 unspecified atom stereocenters. The molecule has 1 atom stereocenters. The minimum Gasteiger partial charge on any atom is -0.357 e. The van der Waals surface area contributed by atoms with Crippen LogP contribution in [0.3, 0.4) is 0 Å². The molecule has 0 aromatic carbocycles. The van der Waals surface area contributed by atoms with Crippen LogP contribution >= 0.6 is 0 Å². The van der Waals surface area contributed by atoms with Crippen LogP contribution in [0.5, 0.6) is 0 Å². The van der Waals surface area contributed by atoms with Crippen LogP contribution in [0.1, 0.15) is 36.7 Å². The van der Waals surface area contributed by atoms with Crippen LogP contribution in [-0.2, 0) is 42.0 Å². The van der Waals surface area contributed by atoms with E-state index in [1.165, 1.54) is 21.6 Å². The van der Waals surface area contributed by atoms with Crippen molar-refractivity contribution in [1.82, 2.24) is 24.0 Å². The number of hydrogen-bond donors (Lipinski definition) is 1. The smallest absolute Gasteiger partial charge is 0.357 e. The first-order chi connectivity index (χ1) is 16.5. The molecule has 11 heteroatoms. The summed E-state index contributed by atoms with van der Waals surface area (Å²) < 4.78 is 33.9. The molecule has 184 valence electrons. The third-order valence-electron chi connectivity index (χ3n) is 6.68. The number of carbonyl (C=O) groups is 2. The zero-order valence-electron chi connectivity index (χ0n) is 20.2. The number of nitrogens with one attached hydrogen (secondary N) is 1. The van der Waals surface area contributed by atoms with E-state index in [-0.39, 0.29) is 18.7 Å². The predicted molar refractivity (Wildman–Crippen MR) is 129 cm³/mol. The lowest BCUT2D eigenvalue weighted by atomic mass is 9.99. The first-order valence-corrected chi connectivity index (χ1v) is 13.0. The Kier molecular flexibility index (Phi) is 5.44. The van der Waals surface area contributed by atoms with Gasteiger partial charge in [0.2, 0.25) is 10.0 Å². The molecule has 3 amide bonds. The van der Waals surface area contributed by atoms with Gasteiger partial charge in [-0.1, -0.05) is 6.08 Å². The van der Waals surface area contributed by atoms with Gasteiger partial charge in [-0.05, 0) is 51.0 Å². The van der Waals surface area contributed by atoms with E-state index in [9.17, 15) is 18.0 Å². The SMILES string of the molecule is Cc1cc(C[N+]2=C3C=CC(S(=O)(=O)NC4(C)CC4)C=C3C(=O)N(Cc3ccn(C)c3)C2=O)n(C)n1. The fraction of sp³-hybridized carbons (Fsp3) is 0.417. The van der Waals surface area contributed by atoms with Crippen LogP contribution < -0.4 is 4.72 Å². The van der Waals surface area contributed by atoms with Gasteiger partial charge in [0, 0.05) is 37.6 Å². The summed E-state index contributed by atoms with van der Waals surface area (Å²) in [6.45, 7) is 4.01. The zero-order valence-corrected chi connectivity index (χ0v) is 21.0. The van der Waals surface area contributed by atoms with Crippen LogP contribution in [0.2, 0.25) is 0 Å². The molecule has 0 spiro atoms. The molecular formula is C24H29N6O4S+. The second-order valence-electron chi connectivity index (χ2n) is 9.84. The van der Waals surface area contributed by atoms with Gasteiger partial charge in [0.25, 0.3) is 0 Å². The highest BCUT2D eigenvalue weighted by Crippen LogP contribution is 2.36. The van der Waals surface area contributed by atoms with E-state index in [0.717, 1.165) is 29.8 Å². The van der Waals surface area contributed by atoms with Crippen molar-refractivity contribution in [3.63, 3.8) is 0 Å². The molecule has 1 saturated carbocycles. The van der Waals surface area contributed by atoms with Crippen LogP contribution in [0, 0.1) is 6.92 Å². The van der Waals surface area contributed by atoms with Crippen molar-refractivity contribution in [2.75, 3.05) is 0 Å². The number of allylic oxidation sites excluding steroid dienone is 1. The maximum atomic E-state index is 13.6. The summed E-state index contributed by atoms with van der Waals surface area (Å²) in [5, 5.41) is 3.36. The standard InChI is InChI=1S/C24H29N6O4S/c1-16-11-18(28(4)25-16)15-29-21-6-5-19(35(33,34)26-24(2)8-9-24)12-20(21)22(31)30(23(29)32)14-17-7-10-27(3)13-17/h5-7,10-13,19,26H,8-9,14-15H2,1-4H3/q+1. The first-order valence-electron chi connectivity index (χ1n) is 11.5. The lowest BCUT2D eigenvalue weighted by Crippen LogP contribution is -2.51. The average molecular weight is 498 g/mol. The van der Waals surface area contributed by atoms with E-state index >= 15 is 0 Å². The number of sulfonamides is 1. The highest BCUT2D eigenvalue weighted by atomic mass is 32.2. The van der Waals surface area contributed by atoms with Crippen molar-refractivity contribution < 1.29 is 22.6 Å². The summed E-state index contributed by atoms with van der Waals surface area (Å²) in [7, 11) is -0.0723. The normalized spacial score (nSPS) is 21.4. The van der Waals surface area contributed by atoms with Crippen molar-refractivity contribution in [1.29, 1.82) is 0 Å².